The third-order valence-corrected chi connectivity index (χ3v) is 3.56. The molecule has 0 spiro atoms. The number of hydrogen-bond acceptors (Lipinski definition) is 7. The average Bonchev–Trinajstić information content (AvgIpc) is 2.49. The van der Waals surface area contributed by atoms with Gasteiger partial charge in [0.15, 0.2) is 0 Å². The first-order chi connectivity index (χ1) is 10.4. The van der Waals surface area contributed by atoms with Gasteiger partial charge in [0, 0.05) is 0 Å². The van der Waals surface area contributed by atoms with Crippen LogP contribution < -0.4 is 4.74 Å². The molecule has 0 amide bonds. The van der Waals surface area contributed by atoms with Gasteiger partial charge < -0.3 is 35.0 Å². The highest BCUT2D eigenvalue weighted by atomic mass is 16.7. The lowest BCUT2D eigenvalue weighted by molar-refractivity contribution is -0.277. The van der Waals surface area contributed by atoms with Gasteiger partial charge in [0.05, 0.1) is 12.7 Å². The van der Waals surface area contributed by atoms with Gasteiger partial charge in [-0.25, -0.2) is 0 Å². The SMILES string of the molecule is CC(O)Cc1ccc(OC2OC(CO)C(O)C(O)C2O)cc1. The van der Waals surface area contributed by atoms with E-state index in [1.165, 1.54) is 0 Å². The highest BCUT2D eigenvalue weighted by molar-refractivity contribution is 5.27. The molecule has 6 atom stereocenters. The van der Waals surface area contributed by atoms with E-state index >= 15 is 0 Å². The Hall–Kier alpha value is -1.22. The topological polar surface area (TPSA) is 120 Å². The molecule has 1 heterocycles. The van der Waals surface area contributed by atoms with Crippen molar-refractivity contribution in [2.75, 3.05) is 6.61 Å². The summed E-state index contributed by atoms with van der Waals surface area (Å²) in [5.74, 6) is 0.402. The van der Waals surface area contributed by atoms with Crippen LogP contribution in [0.3, 0.4) is 0 Å². The minimum atomic E-state index is -1.47. The number of rotatable bonds is 5. The van der Waals surface area contributed by atoms with Crippen LogP contribution in [-0.2, 0) is 11.2 Å². The molecule has 1 aliphatic heterocycles. The molecule has 1 saturated heterocycles. The summed E-state index contributed by atoms with van der Waals surface area (Å²) in [6.07, 6.45) is -6.44. The monoisotopic (exact) mass is 314 g/mol. The Morgan fingerprint density at radius 1 is 1.09 bits per heavy atom. The standard InChI is InChI=1S/C15H22O7/c1-8(17)6-9-2-4-10(5-3-9)21-15-14(20)13(19)12(18)11(7-16)22-15/h2-5,8,11-20H,6-7H2,1H3. The first kappa shape index (κ1) is 17.1. The van der Waals surface area contributed by atoms with E-state index < -0.39 is 43.4 Å². The minimum Gasteiger partial charge on any atom is -0.462 e. The Labute approximate surface area is 128 Å². The van der Waals surface area contributed by atoms with Crippen LogP contribution in [0.2, 0.25) is 0 Å². The zero-order valence-corrected chi connectivity index (χ0v) is 12.2. The molecule has 0 aliphatic carbocycles. The Morgan fingerprint density at radius 2 is 1.73 bits per heavy atom. The lowest BCUT2D eigenvalue weighted by Crippen LogP contribution is -2.60. The van der Waals surface area contributed by atoms with Crippen LogP contribution >= 0.6 is 0 Å². The largest absolute Gasteiger partial charge is 0.462 e. The molecule has 0 saturated carbocycles. The summed E-state index contributed by atoms with van der Waals surface area (Å²) in [5.41, 5.74) is 0.927. The van der Waals surface area contributed by atoms with Crippen LogP contribution in [-0.4, -0.2) is 68.9 Å². The zero-order valence-electron chi connectivity index (χ0n) is 12.2. The van der Waals surface area contributed by atoms with E-state index in [9.17, 15) is 20.4 Å². The number of hydrogen-bond donors (Lipinski definition) is 5. The summed E-state index contributed by atoms with van der Waals surface area (Å²) >= 11 is 0. The van der Waals surface area contributed by atoms with Crippen molar-refractivity contribution in [3.63, 3.8) is 0 Å². The second kappa shape index (κ2) is 7.36. The van der Waals surface area contributed by atoms with Gasteiger partial charge >= 0.3 is 0 Å². The van der Waals surface area contributed by atoms with Crippen molar-refractivity contribution in [3.8, 4) is 5.75 Å². The van der Waals surface area contributed by atoms with Crippen LogP contribution in [0.25, 0.3) is 0 Å². The lowest BCUT2D eigenvalue weighted by Gasteiger charge is -2.39. The summed E-state index contributed by atoms with van der Waals surface area (Å²) in [4.78, 5) is 0. The average molecular weight is 314 g/mol. The van der Waals surface area contributed by atoms with Gasteiger partial charge in [0.1, 0.15) is 30.2 Å². The molecule has 0 bridgehead atoms. The Bertz CT molecular complexity index is 459. The zero-order chi connectivity index (χ0) is 16.3. The number of aliphatic hydroxyl groups excluding tert-OH is 5. The van der Waals surface area contributed by atoms with E-state index in [0.29, 0.717) is 12.2 Å². The number of aliphatic hydroxyl groups is 5. The molecular formula is C15H22O7. The van der Waals surface area contributed by atoms with E-state index in [0.717, 1.165) is 5.56 Å². The molecule has 124 valence electrons. The van der Waals surface area contributed by atoms with Crippen molar-refractivity contribution >= 4 is 0 Å². The third-order valence-electron chi connectivity index (χ3n) is 3.56. The van der Waals surface area contributed by atoms with Gasteiger partial charge in [-0.2, -0.15) is 0 Å². The maximum atomic E-state index is 9.88. The molecule has 5 N–H and O–H groups in total. The summed E-state index contributed by atoms with van der Waals surface area (Å²) in [6.45, 7) is 1.19. The first-order valence-corrected chi connectivity index (χ1v) is 7.16. The first-order valence-electron chi connectivity index (χ1n) is 7.16. The molecule has 7 nitrogen and oxygen atoms in total. The van der Waals surface area contributed by atoms with Crippen molar-refractivity contribution in [1.29, 1.82) is 0 Å². The molecule has 1 aromatic carbocycles. The van der Waals surface area contributed by atoms with Crippen molar-refractivity contribution in [2.24, 2.45) is 0 Å². The molecule has 1 aliphatic rings. The van der Waals surface area contributed by atoms with Gasteiger partial charge in [-0.1, -0.05) is 12.1 Å². The second-order valence-electron chi connectivity index (χ2n) is 5.51. The van der Waals surface area contributed by atoms with Crippen LogP contribution in [0.1, 0.15) is 12.5 Å². The molecule has 6 unspecified atom stereocenters. The van der Waals surface area contributed by atoms with Gasteiger partial charge in [-0.05, 0) is 31.0 Å². The molecule has 1 aromatic rings. The molecular weight excluding hydrogens is 292 g/mol. The molecule has 1 fully saturated rings. The third kappa shape index (κ3) is 3.95. The second-order valence-corrected chi connectivity index (χ2v) is 5.51. The fourth-order valence-corrected chi connectivity index (χ4v) is 2.34. The van der Waals surface area contributed by atoms with Crippen LogP contribution in [0.5, 0.6) is 5.75 Å². The molecule has 2 rings (SSSR count). The summed E-state index contributed by atoms with van der Waals surface area (Å²) in [5, 5.41) is 47.7. The lowest BCUT2D eigenvalue weighted by atomic mass is 9.99. The van der Waals surface area contributed by atoms with Crippen LogP contribution in [0.15, 0.2) is 24.3 Å². The Kier molecular flexibility index (Phi) is 5.74. The fourth-order valence-electron chi connectivity index (χ4n) is 2.34. The fraction of sp³-hybridized carbons (Fsp3) is 0.600. The smallest absolute Gasteiger partial charge is 0.229 e. The predicted octanol–water partition coefficient (Wildman–Crippen LogP) is -1.21. The van der Waals surface area contributed by atoms with Crippen molar-refractivity contribution in [1.82, 2.24) is 0 Å². The molecule has 0 aromatic heterocycles. The Balaban J connectivity index is 2.02. The normalized spacial score (nSPS) is 33.5. The summed E-state index contributed by atoms with van der Waals surface area (Å²) < 4.78 is 10.7. The molecule has 22 heavy (non-hydrogen) atoms. The maximum absolute atomic E-state index is 9.88. The predicted molar refractivity (Wildman–Crippen MR) is 76.2 cm³/mol. The number of benzene rings is 1. The van der Waals surface area contributed by atoms with Crippen LogP contribution in [0.4, 0.5) is 0 Å². The minimum absolute atomic E-state index is 0.402. The highest BCUT2D eigenvalue weighted by Crippen LogP contribution is 2.24. The van der Waals surface area contributed by atoms with E-state index in [4.69, 9.17) is 14.6 Å². The van der Waals surface area contributed by atoms with Gasteiger partial charge in [-0.3, -0.25) is 0 Å². The van der Waals surface area contributed by atoms with Crippen molar-refractivity contribution in [3.05, 3.63) is 29.8 Å². The van der Waals surface area contributed by atoms with Gasteiger partial charge in [0.25, 0.3) is 0 Å². The molecule has 0 radical (unpaired) electrons. The Morgan fingerprint density at radius 3 is 2.27 bits per heavy atom. The van der Waals surface area contributed by atoms with E-state index in [2.05, 4.69) is 0 Å². The highest BCUT2D eigenvalue weighted by Gasteiger charge is 2.44. The van der Waals surface area contributed by atoms with Gasteiger partial charge in [-0.15, -0.1) is 0 Å². The quantitative estimate of drug-likeness (QED) is 0.462. The van der Waals surface area contributed by atoms with Crippen LogP contribution in [0, 0.1) is 0 Å². The van der Waals surface area contributed by atoms with E-state index in [1.807, 2.05) is 0 Å². The van der Waals surface area contributed by atoms with Gasteiger partial charge in [0.2, 0.25) is 6.29 Å². The summed E-state index contributed by atoms with van der Waals surface area (Å²) in [6, 6.07) is 6.84. The van der Waals surface area contributed by atoms with Crippen molar-refractivity contribution < 1.29 is 35.0 Å². The van der Waals surface area contributed by atoms with E-state index in [-0.39, 0.29) is 0 Å². The molecule has 7 heteroatoms. The van der Waals surface area contributed by atoms with Crippen molar-refractivity contribution in [2.45, 2.75) is 50.2 Å². The number of ether oxygens (including phenoxy) is 2. The summed E-state index contributed by atoms with van der Waals surface area (Å²) in [7, 11) is 0. The van der Waals surface area contributed by atoms with E-state index in [1.54, 1.807) is 31.2 Å². The maximum Gasteiger partial charge on any atom is 0.229 e.